The van der Waals surface area contributed by atoms with Crippen molar-refractivity contribution >= 4 is 29.5 Å². The fraction of sp³-hybridized carbons (Fsp3) is 0.353. The highest BCUT2D eigenvalue weighted by Gasteiger charge is 2.40. The zero-order chi connectivity index (χ0) is 30.6. The van der Waals surface area contributed by atoms with Gasteiger partial charge in [0.25, 0.3) is 0 Å². The van der Waals surface area contributed by atoms with Gasteiger partial charge in [0.1, 0.15) is 18.7 Å². The van der Waals surface area contributed by atoms with Gasteiger partial charge in [-0.1, -0.05) is 72.3 Å². The molecule has 0 saturated carbocycles. The van der Waals surface area contributed by atoms with E-state index in [2.05, 4.69) is 35.0 Å². The number of hydrogen-bond acceptors (Lipinski definition) is 5. The number of piperidine rings is 1. The Morgan fingerprint density at radius 2 is 1.65 bits per heavy atom. The van der Waals surface area contributed by atoms with Gasteiger partial charge in [-0.25, -0.2) is 4.79 Å². The van der Waals surface area contributed by atoms with E-state index in [1.807, 2.05) is 60.7 Å². The number of nitrogens with one attached hydrogen (secondary N) is 3. The maximum absolute atomic E-state index is 13.5. The quantitative estimate of drug-likeness (QED) is 0.330. The molecular formula is C34H38ClN4O4. The van der Waals surface area contributed by atoms with E-state index in [1.54, 1.807) is 18.9 Å². The lowest BCUT2D eigenvalue weighted by atomic mass is 9.82. The zero-order valence-electron chi connectivity index (χ0n) is 24.6. The monoisotopic (exact) mass is 601 g/mol. The minimum absolute atomic E-state index is 0.0888. The van der Waals surface area contributed by atoms with Gasteiger partial charge in [0, 0.05) is 24.5 Å². The second-order valence-electron chi connectivity index (χ2n) is 11.5. The van der Waals surface area contributed by atoms with E-state index in [0.29, 0.717) is 18.0 Å². The molecule has 1 radical (unpaired) electrons. The van der Waals surface area contributed by atoms with Crippen LogP contribution in [-0.2, 0) is 20.7 Å². The molecule has 225 valence electrons. The molecule has 0 bridgehead atoms. The predicted octanol–water partition coefficient (Wildman–Crippen LogP) is 4.71. The highest BCUT2D eigenvalue weighted by atomic mass is 35.5. The number of carbonyl (C=O) groups excluding carboxylic acids is 3. The lowest BCUT2D eigenvalue weighted by Crippen LogP contribution is -2.63. The Morgan fingerprint density at radius 3 is 2.26 bits per heavy atom. The van der Waals surface area contributed by atoms with Crippen LogP contribution in [0.1, 0.15) is 42.4 Å². The SMILES string of the molecule is [CH2][C@H](NC(=O)[C@H](C)NC(=O)OCC1c2ccccc2-c2ccccc21)C(=O)N(C)[C@@]1(Cc2ccc(Cl)cc2)CCCNC1. The normalized spacial score (nSPS) is 19.0. The van der Waals surface area contributed by atoms with E-state index in [-0.39, 0.29) is 18.4 Å². The first kappa shape index (κ1) is 30.6. The third kappa shape index (κ3) is 6.71. The van der Waals surface area contributed by atoms with Crippen LogP contribution in [0, 0.1) is 6.92 Å². The molecule has 3 N–H and O–H groups in total. The Kier molecular flexibility index (Phi) is 9.37. The molecule has 3 aromatic rings. The molecule has 43 heavy (non-hydrogen) atoms. The Hall–Kier alpha value is -3.88. The average Bonchev–Trinajstić information content (AvgIpc) is 3.34. The number of carbonyl (C=O) groups is 3. The molecule has 1 aliphatic carbocycles. The Balaban J connectivity index is 1.16. The van der Waals surface area contributed by atoms with Crippen LogP contribution in [0.3, 0.4) is 0 Å². The Labute approximate surface area is 258 Å². The molecule has 3 amide bonds. The first-order valence-corrected chi connectivity index (χ1v) is 15.0. The summed E-state index contributed by atoms with van der Waals surface area (Å²) in [6, 6.07) is 21.8. The van der Waals surface area contributed by atoms with Crippen molar-refractivity contribution in [1.82, 2.24) is 20.9 Å². The van der Waals surface area contributed by atoms with Gasteiger partial charge in [-0.3, -0.25) is 9.59 Å². The summed E-state index contributed by atoms with van der Waals surface area (Å²) in [6.07, 6.45) is 1.66. The van der Waals surface area contributed by atoms with E-state index in [9.17, 15) is 14.4 Å². The maximum atomic E-state index is 13.5. The predicted molar refractivity (Wildman–Crippen MR) is 168 cm³/mol. The van der Waals surface area contributed by atoms with Crippen molar-refractivity contribution in [2.75, 3.05) is 26.7 Å². The van der Waals surface area contributed by atoms with Gasteiger partial charge in [-0.05, 0) is 79.6 Å². The van der Waals surface area contributed by atoms with Gasteiger partial charge in [0.15, 0.2) is 0 Å². The molecule has 9 heteroatoms. The molecule has 3 aromatic carbocycles. The van der Waals surface area contributed by atoms with Crippen LogP contribution in [0.4, 0.5) is 4.79 Å². The van der Waals surface area contributed by atoms with Crippen LogP contribution >= 0.6 is 11.6 Å². The third-order valence-electron chi connectivity index (χ3n) is 8.62. The molecule has 0 aromatic heterocycles. The molecule has 8 nitrogen and oxygen atoms in total. The molecular weight excluding hydrogens is 564 g/mol. The molecule has 1 heterocycles. The van der Waals surface area contributed by atoms with Gasteiger partial charge in [0.05, 0.1) is 5.54 Å². The van der Waals surface area contributed by atoms with E-state index in [1.165, 1.54) is 0 Å². The van der Waals surface area contributed by atoms with Gasteiger partial charge in [-0.15, -0.1) is 0 Å². The standard InChI is InChI=1S/C34H38ClN4O4/c1-22(38-33(42)43-20-30-28-11-6-4-9-26(28)27-10-5-7-12-29(27)30)31(40)37-23(2)32(41)39(3)34(17-8-18-36-21-34)19-24-13-15-25(35)16-14-24/h4-7,9-16,22-23,30,36H,2,8,17-21H2,1,3H3,(H,37,40)(H,38,42)/t22-,23-,34+/m0/s1. The van der Waals surface area contributed by atoms with Gasteiger partial charge in [-0.2, -0.15) is 0 Å². The fourth-order valence-corrected chi connectivity index (χ4v) is 6.32. The number of ether oxygens (including phenoxy) is 1. The highest BCUT2D eigenvalue weighted by Crippen LogP contribution is 2.44. The third-order valence-corrected chi connectivity index (χ3v) is 8.88. The summed E-state index contributed by atoms with van der Waals surface area (Å²) in [5.41, 5.74) is 5.07. The summed E-state index contributed by atoms with van der Waals surface area (Å²) in [5.74, 6) is -0.919. The molecule has 5 rings (SSSR count). The smallest absolute Gasteiger partial charge is 0.407 e. The molecule has 0 spiro atoms. The number of hydrogen-bond donors (Lipinski definition) is 3. The van der Waals surface area contributed by atoms with Crippen molar-refractivity contribution in [2.24, 2.45) is 0 Å². The van der Waals surface area contributed by atoms with Gasteiger partial charge in [0.2, 0.25) is 11.8 Å². The molecule has 3 atom stereocenters. The number of alkyl carbamates (subject to hydrolysis) is 1. The van der Waals surface area contributed by atoms with E-state index >= 15 is 0 Å². The number of benzene rings is 3. The number of rotatable bonds is 9. The summed E-state index contributed by atoms with van der Waals surface area (Å²) in [6.45, 7) is 7.12. The molecule has 2 aliphatic rings. The second-order valence-corrected chi connectivity index (χ2v) is 11.9. The first-order chi connectivity index (χ1) is 20.7. The summed E-state index contributed by atoms with van der Waals surface area (Å²) in [7, 11) is 1.76. The second kappa shape index (κ2) is 13.2. The molecule has 0 unspecified atom stereocenters. The highest BCUT2D eigenvalue weighted by molar-refractivity contribution is 6.30. The Morgan fingerprint density at radius 1 is 1.02 bits per heavy atom. The Bertz CT molecular complexity index is 1430. The van der Waals surface area contributed by atoms with Crippen LogP contribution in [0.5, 0.6) is 0 Å². The topological polar surface area (TPSA) is 99.8 Å². The lowest BCUT2D eigenvalue weighted by molar-refractivity contribution is -0.140. The van der Waals surface area contributed by atoms with E-state index < -0.39 is 29.6 Å². The van der Waals surface area contributed by atoms with Crippen LogP contribution in [0.15, 0.2) is 72.8 Å². The largest absolute Gasteiger partial charge is 0.449 e. The lowest BCUT2D eigenvalue weighted by Gasteiger charge is -2.46. The number of fused-ring (bicyclic) bond motifs is 3. The van der Waals surface area contributed by atoms with Crippen LogP contribution in [-0.4, -0.2) is 67.2 Å². The van der Waals surface area contributed by atoms with Crippen molar-refractivity contribution in [3.63, 3.8) is 0 Å². The fourth-order valence-electron chi connectivity index (χ4n) is 6.20. The summed E-state index contributed by atoms with van der Waals surface area (Å²) in [5, 5.41) is 9.33. The van der Waals surface area contributed by atoms with Crippen LogP contribution in [0.25, 0.3) is 11.1 Å². The van der Waals surface area contributed by atoms with Crippen molar-refractivity contribution in [2.45, 2.75) is 49.7 Å². The zero-order valence-corrected chi connectivity index (χ0v) is 25.3. The minimum atomic E-state index is -1.03. The molecule has 1 fully saturated rings. The number of likely N-dealkylation sites (N-methyl/N-ethyl adjacent to an activating group) is 1. The minimum Gasteiger partial charge on any atom is -0.449 e. The summed E-state index contributed by atoms with van der Waals surface area (Å²) in [4.78, 5) is 40.9. The summed E-state index contributed by atoms with van der Waals surface area (Å²) >= 11 is 6.07. The summed E-state index contributed by atoms with van der Waals surface area (Å²) < 4.78 is 5.57. The number of halogens is 1. The van der Waals surface area contributed by atoms with Crippen LogP contribution in [0.2, 0.25) is 5.02 Å². The van der Waals surface area contributed by atoms with Crippen molar-refractivity contribution in [3.8, 4) is 11.1 Å². The first-order valence-electron chi connectivity index (χ1n) is 14.7. The number of amides is 3. The molecule has 1 saturated heterocycles. The van der Waals surface area contributed by atoms with Gasteiger partial charge < -0.3 is 25.6 Å². The number of nitrogens with zero attached hydrogens (tertiary/aromatic N) is 1. The van der Waals surface area contributed by atoms with E-state index in [4.69, 9.17) is 16.3 Å². The van der Waals surface area contributed by atoms with Crippen LogP contribution < -0.4 is 16.0 Å². The van der Waals surface area contributed by atoms with Gasteiger partial charge >= 0.3 is 6.09 Å². The van der Waals surface area contributed by atoms with Crippen molar-refractivity contribution in [1.29, 1.82) is 0 Å². The van der Waals surface area contributed by atoms with Crippen molar-refractivity contribution in [3.05, 3.63) is 101 Å². The van der Waals surface area contributed by atoms with Crippen molar-refractivity contribution < 1.29 is 19.1 Å². The average molecular weight is 602 g/mol. The van der Waals surface area contributed by atoms with E-state index in [0.717, 1.165) is 47.2 Å². The molecule has 1 aliphatic heterocycles. The maximum Gasteiger partial charge on any atom is 0.407 e.